The summed E-state index contributed by atoms with van der Waals surface area (Å²) in [6.45, 7) is 0.552. The minimum Gasteiger partial charge on any atom is -0.469 e. The van der Waals surface area contributed by atoms with Crippen molar-refractivity contribution < 1.29 is 14.3 Å². The number of H-pyrrole nitrogens is 1. The molecule has 10 nitrogen and oxygen atoms in total. The first-order valence-electron chi connectivity index (χ1n) is 9.69. The number of aromatic nitrogens is 4. The van der Waals surface area contributed by atoms with E-state index >= 15 is 0 Å². The van der Waals surface area contributed by atoms with Crippen molar-refractivity contribution in [3.8, 4) is 5.69 Å². The van der Waals surface area contributed by atoms with Crippen molar-refractivity contribution in [1.82, 2.24) is 30.4 Å². The second kappa shape index (κ2) is 10.2. The number of ether oxygens (including phenoxy) is 1. The lowest BCUT2D eigenvalue weighted by Crippen LogP contribution is -2.36. The van der Waals surface area contributed by atoms with E-state index in [-0.39, 0.29) is 24.1 Å². The van der Waals surface area contributed by atoms with Gasteiger partial charge in [0.05, 0.1) is 25.5 Å². The van der Waals surface area contributed by atoms with Gasteiger partial charge in [-0.25, -0.2) is 14.5 Å². The zero-order valence-electron chi connectivity index (χ0n) is 16.7. The molecule has 0 spiro atoms. The first-order valence-corrected chi connectivity index (χ1v) is 9.69. The molecule has 1 aromatic carbocycles. The SMILES string of the molecule is COC(=O)CCCCCNC(=O)NCc1nc2c(cnn2-c2ccccc2)c(=O)[nH]1. The van der Waals surface area contributed by atoms with Gasteiger partial charge in [0.15, 0.2) is 5.65 Å². The highest BCUT2D eigenvalue weighted by Crippen LogP contribution is 2.13. The average molecular weight is 412 g/mol. The summed E-state index contributed by atoms with van der Waals surface area (Å²) < 4.78 is 6.16. The maximum absolute atomic E-state index is 12.3. The minimum absolute atomic E-state index is 0.0688. The van der Waals surface area contributed by atoms with Crippen LogP contribution >= 0.6 is 0 Å². The number of para-hydroxylation sites is 1. The van der Waals surface area contributed by atoms with Gasteiger partial charge in [-0.15, -0.1) is 0 Å². The average Bonchev–Trinajstić information content (AvgIpc) is 3.19. The van der Waals surface area contributed by atoms with Crippen LogP contribution in [0.2, 0.25) is 0 Å². The number of fused-ring (bicyclic) bond motifs is 1. The summed E-state index contributed by atoms with van der Waals surface area (Å²) in [5, 5.41) is 10.0. The Labute approximate surface area is 172 Å². The second-order valence-corrected chi connectivity index (χ2v) is 6.64. The Morgan fingerprint density at radius 3 is 2.70 bits per heavy atom. The fraction of sp³-hybridized carbons (Fsp3) is 0.350. The maximum atomic E-state index is 12.3. The third-order valence-corrected chi connectivity index (χ3v) is 4.48. The molecule has 10 heteroatoms. The van der Waals surface area contributed by atoms with Gasteiger partial charge in [0, 0.05) is 13.0 Å². The third kappa shape index (κ3) is 5.43. The van der Waals surface area contributed by atoms with Gasteiger partial charge in [-0.1, -0.05) is 24.6 Å². The van der Waals surface area contributed by atoms with Gasteiger partial charge >= 0.3 is 12.0 Å². The van der Waals surface area contributed by atoms with E-state index < -0.39 is 0 Å². The van der Waals surface area contributed by atoms with Gasteiger partial charge < -0.3 is 20.4 Å². The highest BCUT2D eigenvalue weighted by atomic mass is 16.5. The number of urea groups is 1. The topological polar surface area (TPSA) is 131 Å². The summed E-state index contributed by atoms with van der Waals surface area (Å²) >= 11 is 0. The van der Waals surface area contributed by atoms with Gasteiger partial charge in [-0.05, 0) is 25.0 Å². The predicted molar refractivity (Wildman–Crippen MR) is 110 cm³/mol. The number of nitrogens with one attached hydrogen (secondary N) is 3. The Hall–Kier alpha value is -3.69. The summed E-state index contributed by atoms with van der Waals surface area (Å²) in [5.41, 5.74) is 0.896. The molecule has 0 aliphatic heterocycles. The number of unbranched alkanes of at least 4 members (excludes halogenated alkanes) is 2. The molecule has 0 aliphatic carbocycles. The third-order valence-electron chi connectivity index (χ3n) is 4.48. The number of amides is 2. The van der Waals surface area contributed by atoms with Crippen LogP contribution in [0, 0.1) is 0 Å². The molecule has 0 radical (unpaired) electrons. The smallest absolute Gasteiger partial charge is 0.315 e. The Morgan fingerprint density at radius 2 is 1.93 bits per heavy atom. The standard InChI is InChI=1S/C20H24N6O4/c1-30-17(27)10-6-3-7-11-21-20(29)22-13-16-24-18-15(19(28)25-16)12-23-26(18)14-8-4-2-5-9-14/h2,4-5,8-9,12H,3,6-7,10-11,13H2,1H3,(H2,21,22,29)(H,24,25,28). The number of esters is 1. The van der Waals surface area contributed by atoms with E-state index in [0.717, 1.165) is 24.9 Å². The lowest BCUT2D eigenvalue weighted by atomic mass is 10.2. The molecule has 30 heavy (non-hydrogen) atoms. The Bertz CT molecular complexity index is 1060. The molecule has 158 valence electrons. The van der Waals surface area contributed by atoms with E-state index in [0.29, 0.717) is 29.8 Å². The molecule has 3 rings (SSSR count). The molecule has 0 saturated heterocycles. The molecule has 2 aromatic heterocycles. The van der Waals surface area contributed by atoms with Crippen LogP contribution < -0.4 is 16.2 Å². The van der Waals surface area contributed by atoms with Gasteiger partial charge in [0.25, 0.3) is 5.56 Å². The number of carbonyl (C=O) groups is 2. The molecule has 0 saturated carbocycles. The number of rotatable bonds is 9. The second-order valence-electron chi connectivity index (χ2n) is 6.64. The Kier molecular flexibility index (Phi) is 7.14. The number of aromatic amines is 1. The van der Waals surface area contributed by atoms with Crippen LogP contribution in [0.15, 0.2) is 41.3 Å². The van der Waals surface area contributed by atoms with Crippen molar-refractivity contribution in [3.05, 3.63) is 52.7 Å². The molecular formula is C20H24N6O4. The molecule has 3 N–H and O–H groups in total. The predicted octanol–water partition coefficient (Wildman–Crippen LogP) is 1.64. The molecule has 2 heterocycles. The summed E-state index contributed by atoms with van der Waals surface area (Å²) in [7, 11) is 1.36. The number of benzene rings is 1. The monoisotopic (exact) mass is 412 g/mol. The highest BCUT2D eigenvalue weighted by Gasteiger charge is 2.12. The zero-order chi connectivity index (χ0) is 21.3. The summed E-state index contributed by atoms with van der Waals surface area (Å²) in [6.07, 6.45) is 4.13. The summed E-state index contributed by atoms with van der Waals surface area (Å²) in [5.74, 6) is 0.103. The lowest BCUT2D eigenvalue weighted by Gasteiger charge is -2.08. The molecule has 0 unspecified atom stereocenters. The largest absolute Gasteiger partial charge is 0.469 e. The van der Waals surface area contributed by atoms with Crippen LogP contribution in [0.4, 0.5) is 4.79 Å². The zero-order valence-corrected chi connectivity index (χ0v) is 16.7. The van der Waals surface area contributed by atoms with E-state index in [9.17, 15) is 14.4 Å². The van der Waals surface area contributed by atoms with E-state index in [4.69, 9.17) is 0 Å². The van der Waals surface area contributed by atoms with Crippen molar-refractivity contribution in [2.75, 3.05) is 13.7 Å². The normalized spacial score (nSPS) is 10.7. The van der Waals surface area contributed by atoms with Gasteiger partial charge in [0.1, 0.15) is 11.2 Å². The van der Waals surface area contributed by atoms with Crippen LogP contribution in [-0.2, 0) is 16.1 Å². The Balaban J connectivity index is 1.53. The summed E-state index contributed by atoms with van der Waals surface area (Å²) in [4.78, 5) is 42.4. The van der Waals surface area contributed by atoms with Crippen molar-refractivity contribution in [1.29, 1.82) is 0 Å². The van der Waals surface area contributed by atoms with Gasteiger partial charge in [-0.2, -0.15) is 5.10 Å². The van der Waals surface area contributed by atoms with Gasteiger partial charge in [-0.3, -0.25) is 9.59 Å². The van der Waals surface area contributed by atoms with Crippen molar-refractivity contribution in [2.24, 2.45) is 0 Å². The Morgan fingerprint density at radius 1 is 1.13 bits per heavy atom. The molecule has 3 aromatic rings. The molecule has 0 aliphatic rings. The van der Waals surface area contributed by atoms with Crippen molar-refractivity contribution >= 4 is 23.0 Å². The highest BCUT2D eigenvalue weighted by molar-refractivity contribution is 5.75. The fourth-order valence-electron chi connectivity index (χ4n) is 2.91. The van der Waals surface area contributed by atoms with Gasteiger partial charge in [0.2, 0.25) is 0 Å². The minimum atomic E-state index is -0.359. The molecule has 0 atom stereocenters. The first-order chi connectivity index (χ1) is 14.6. The van der Waals surface area contributed by atoms with Crippen molar-refractivity contribution in [2.45, 2.75) is 32.2 Å². The molecule has 2 amide bonds. The number of nitrogens with zero attached hydrogens (tertiary/aromatic N) is 3. The van der Waals surface area contributed by atoms with E-state index in [1.165, 1.54) is 13.3 Å². The fourth-order valence-corrected chi connectivity index (χ4v) is 2.91. The molecule has 0 bridgehead atoms. The van der Waals surface area contributed by atoms with Crippen LogP contribution in [0.5, 0.6) is 0 Å². The van der Waals surface area contributed by atoms with E-state index in [1.807, 2.05) is 30.3 Å². The quantitative estimate of drug-likeness (QED) is 0.362. The molecule has 0 fully saturated rings. The van der Waals surface area contributed by atoms with Crippen molar-refractivity contribution in [3.63, 3.8) is 0 Å². The molecular weight excluding hydrogens is 388 g/mol. The number of methoxy groups -OCH3 is 1. The van der Waals surface area contributed by atoms with Crippen LogP contribution in [0.1, 0.15) is 31.5 Å². The van der Waals surface area contributed by atoms with Crippen LogP contribution in [0.3, 0.4) is 0 Å². The first kappa shape index (κ1) is 21.0. The maximum Gasteiger partial charge on any atom is 0.315 e. The van der Waals surface area contributed by atoms with E-state index in [1.54, 1.807) is 4.68 Å². The number of hydrogen-bond acceptors (Lipinski definition) is 6. The van der Waals surface area contributed by atoms with E-state index in [2.05, 4.69) is 30.4 Å². The number of carbonyl (C=O) groups excluding carboxylic acids is 2. The lowest BCUT2D eigenvalue weighted by molar-refractivity contribution is -0.140. The number of hydrogen-bond donors (Lipinski definition) is 3. The van der Waals surface area contributed by atoms with Crippen LogP contribution in [-0.4, -0.2) is 45.4 Å². The summed E-state index contributed by atoms with van der Waals surface area (Å²) in [6, 6.07) is 9.01. The van der Waals surface area contributed by atoms with Crippen LogP contribution in [0.25, 0.3) is 16.7 Å².